The summed E-state index contributed by atoms with van der Waals surface area (Å²) in [7, 11) is 0. The van der Waals surface area contributed by atoms with Crippen molar-refractivity contribution in [3.05, 3.63) is 11.3 Å². The molecule has 24 heavy (non-hydrogen) atoms. The molecule has 0 saturated carbocycles. The van der Waals surface area contributed by atoms with Crippen molar-refractivity contribution >= 4 is 23.6 Å². The van der Waals surface area contributed by atoms with E-state index >= 15 is 0 Å². The van der Waals surface area contributed by atoms with Crippen molar-refractivity contribution in [2.75, 3.05) is 11.9 Å². The number of hydrogen-bond acceptors (Lipinski definition) is 5. The van der Waals surface area contributed by atoms with Crippen LogP contribution >= 0.6 is 0 Å². The number of Topliss-reactive ketones (excluding diaryl/α,β-unsaturated/α-hetero) is 1. The van der Waals surface area contributed by atoms with E-state index in [1.807, 2.05) is 20.8 Å². The highest BCUT2D eigenvalue weighted by Crippen LogP contribution is 2.25. The number of rotatable bonds is 4. The van der Waals surface area contributed by atoms with Crippen LogP contribution in [-0.2, 0) is 27.3 Å². The molecule has 2 rings (SSSR count). The van der Waals surface area contributed by atoms with Crippen LogP contribution in [0.1, 0.15) is 51.8 Å². The fourth-order valence-electron chi connectivity index (χ4n) is 2.36. The molecule has 2 heterocycles. The summed E-state index contributed by atoms with van der Waals surface area (Å²) in [6, 6.07) is 0. The lowest BCUT2D eigenvalue weighted by Crippen LogP contribution is -2.40. The first-order valence-corrected chi connectivity index (χ1v) is 7.99. The molecule has 0 saturated heterocycles. The first kappa shape index (κ1) is 18.0. The molecule has 8 nitrogen and oxygen atoms in total. The van der Waals surface area contributed by atoms with Gasteiger partial charge < -0.3 is 19.7 Å². The van der Waals surface area contributed by atoms with Crippen molar-refractivity contribution in [1.82, 2.24) is 15.1 Å². The number of H-pyrrole nitrogens is 1. The molecule has 1 aromatic heterocycles. The third kappa shape index (κ3) is 4.81. The predicted octanol–water partition coefficient (Wildman–Crippen LogP) is 2.01. The highest BCUT2D eigenvalue weighted by atomic mass is 16.6. The predicted molar refractivity (Wildman–Crippen MR) is 87.5 cm³/mol. The number of aromatic nitrogens is 2. The maximum Gasteiger partial charge on any atom is 0.410 e. The van der Waals surface area contributed by atoms with Crippen molar-refractivity contribution in [2.45, 2.75) is 59.1 Å². The van der Waals surface area contributed by atoms with E-state index in [0.29, 0.717) is 25.3 Å². The van der Waals surface area contributed by atoms with Gasteiger partial charge in [0.15, 0.2) is 5.82 Å². The summed E-state index contributed by atoms with van der Waals surface area (Å²) in [5.41, 5.74) is 1.12. The fourth-order valence-corrected chi connectivity index (χ4v) is 2.36. The van der Waals surface area contributed by atoms with E-state index in [1.54, 1.807) is 4.90 Å². The zero-order valence-electron chi connectivity index (χ0n) is 14.6. The SMILES string of the molecule is CC(=O)CCC(=O)Nc1n[nH]c2c1CN(C(=O)OC(C)(C)C)CC2. The van der Waals surface area contributed by atoms with Gasteiger partial charge in [0.25, 0.3) is 0 Å². The van der Waals surface area contributed by atoms with E-state index in [0.717, 1.165) is 11.3 Å². The third-order valence-electron chi connectivity index (χ3n) is 3.55. The van der Waals surface area contributed by atoms with E-state index in [9.17, 15) is 14.4 Å². The van der Waals surface area contributed by atoms with Gasteiger partial charge in [0.05, 0.1) is 6.54 Å². The zero-order chi connectivity index (χ0) is 17.9. The molecule has 0 radical (unpaired) electrons. The lowest BCUT2D eigenvalue weighted by Gasteiger charge is -2.30. The smallest absolute Gasteiger partial charge is 0.410 e. The van der Waals surface area contributed by atoms with Gasteiger partial charge in [0.1, 0.15) is 11.4 Å². The summed E-state index contributed by atoms with van der Waals surface area (Å²) in [5.74, 6) is 0.103. The second-order valence-electron chi connectivity index (χ2n) is 6.93. The monoisotopic (exact) mass is 336 g/mol. The van der Waals surface area contributed by atoms with Crippen molar-refractivity contribution in [3.8, 4) is 0 Å². The van der Waals surface area contributed by atoms with Gasteiger partial charge in [-0.2, -0.15) is 5.10 Å². The molecule has 8 heteroatoms. The van der Waals surface area contributed by atoms with Gasteiger partial charge in [-0.3, -0.25) is 9.89 Å². The summed E-state index contributed by atoms with van der Waals surface area (Å²) in [6.07, 6.45) is 0.545. The van der Waals surface area contributed by atoms with Crippen LogP contribution in [0.25, 0.3) is 0 Å². The minimum atomic E-state index is -0.558. The van der Waals surface area contributed by atoms with Gasteiger partial charge in [-0.15, -0.1) is 0 Å². The van der Waals surface area contributed by atoms with Crippen LogP contribution in [0.2, 0.25) is 0 Å². The normalized spacial score (nSPS) is 14.1. The van der Waals surface area contributed by atoms with Crippen LogP contribution in [-0.4, -0.2) is 45.0 Å². The quantitative estimate of drug-likeness (QED) is 0.875. The van der Waals surface area contributed by atoms with E-state index in [4.69, 9.17) is 4.74 Å². The van der Waals surface area contributed by atoms with Gasteiger partial charge in [-0.1, -0.05) is 0 Å². The van der Waals surface area contributed by atoms with Crippen LogP contribution in [0.4, 0.5) is 10.6 Å². The minimum absolute atomic E-state index is 0.0368. The number of hydrogen-bond donors (Lipinski definition) is 2. The minimum Gasteiger partial charge on any atom is -0.444 e. The van der Waals surface area contributed by atoms with Crippen molar-refractivity contribution in [1.29, 1.82) is 0 Å². The molecule has 0 spiro atoms. The molecule has 1 aromatic rings. The summed E-state index contributed by atoms with van der Waals surface area (Å²) < 4.78 is 5.39. The first-order chi connectivity index (χ1) is 11.2. The Morgan fingerprint density at radius 1 is 1.29 bits per heavy atom. The summed E-state index contributed by atoms with van der Waals surface area (Å²) in [4.78, 5) is 36.6. The lowest BCUT2D eigenvalue weighted by atomic mass is 10.1. The summed E-state index contributed by atoms with van der Waals surface area (Å²) in [6.45, 7) is 7.75. The van der Waals surface area contributed by atoms with Crippen LogP contribution in [0.3, 0.4) is 0 Å². The number of fused-ring (bicyclic) bond motifs is 1. The highest BCUT2D eigenvalue weighted by Gasteiger charge is 2.29. The van der Waals surface area contributed by atoms with E-state index in [2.05, 4.69) is 15.5 Å². The number of aromatic amines is 1. The average molecular weight is 336 g/mol. The number of carbonyl (C=O) groups excluding carboxylic acids is 3. The molecule has 132 valence electrons. The summed E-state index contributed by atoms with van der Waals surface area (Å²) in [5, 5.41) is 9.71. The first-order valence-electron chi connectivity index (χ1n) is 7.99. The molecular formula is C16H24N4O4. The molecule has 0 fully saturated rings. The topological polar surface area (TPSA) is 104 Å². The molecular weight excluding hydrogens is 312 g/mol. The largest absolute Gasteiger partial charge is 0.444 e. The Morgan fingerprint density at radius 3 is 2.62 bits per heavy atom. The Labute approximate surface area is 140 Å². The van der Waals surface area contributed by atoms with Gasteiger partial charge >= 0.3 is 6.09 Å². The van der Waals surface area contributed by atoms with Gasteiger partial charge in [-0.05, 0) is 27.7 Å². The van der Waals surface area contributed by atoms with Crippen LogP contribution in [0.15, 0.2) is 0 Å². The highest BCUT2D eigenvalue weighted by molar-refractivity contribution is 5.93. The summed E-state index contributed by atoms with van der Waals surface area (Å²) >= 11 is 0. The van der Waals surface area contributed by atoms with Crippen molar-refractivity contribution in [3.63, 3.8) is 0 Å². The number of amides is 2. The molecule has 0 unspecified atom stereocenters. The Morgan fingerprint density at radius 2 is 2.00 bits per heavy atom. The average Bonchev–Trinajstić information content (AvgIpc) is 2.85. The van der Waals surface area contributed by atoms with Gasteiger partial charge in [-0.25, -0.2) is 4.79 Å². The standard InChI is InChI=1S/C16H24N4O4/c1-10(21)5-6-13(22)17-14-11-9-20(8-7-12(11)18-19-14)15(23)24-16(2,3)4/h5-9H2,1-4H3,(H2,17,18,19,22). The molecule has 0 aromatic carbocycles. The zero-order valence-corrected chi connectivity index (χ0v) is 14.6. The third-order valence-corrected chi connectivity index (χ3v) is 3.55. The molecule has 0 atom stereocenters. The van der Waals surface area contributed by atoms with E-state index < -0.39 is 5.60 Å². The fraction of sp³-hybridized carbons (Fsp3) is 0.625. The van der Waals surface area contributed by atoms with Crippen molar-refractivity contribution < 1.29 is 19.1 Å². The number of ketones is 1. The van der Waals surface area contributed by atoms with E-state index in [1.165, 1.54) is 6.92 Å². The lowest BCUT2D eigenvalue weighted by molar-refractivity contribution is -0.121. The second kappa shape index (κ2) is 7.02. The van der Waals surface area contributed by atoms with Crippen LogP contribution in [0, 0.1) is 0 Å². The maximum absolute atomic E-state index is 12.2. The molecule has 1 aliphatic heterocycles. The number of nitrogens with one attached hydrogen (secondary N) is 2. The number of ether oxygens (including phenoxy) is 1. The molecule has 0 aliphatic carbocycles. The Kier molecular flexibility index (Phi) is 5.26. The van der Waals surface area contributed by atoms with Gasteiger partial charge in [0.2, 0.25) is 5.91 Å². The molecule has 2 amide bonds. The Balaban J connectivity index is 2.02. The van der Waals surface area contributed by atoms with Gasteiger partial charge in [0, 0.05) is 37.1 Å². The molecule has 1 aliphatic rings. The number of anilines is 1. The van der Waals surface area contributed by atoms with Crippen molar-refractivity contribution in [2.24, 2.45) is 0 Å². The molecule has 0 bridgehead atoms. The second-order valence-corrected chi connectivity index (χ2v) is 6.93. The van der Waals surface area contributed by atoms with Crippen LogP contribution < -0.4 is 5.32 Å². The number of carbonyl (C=O) groups is 3. The van der Waals surface area contributed by atoms with Crippen LogP contribution in [0.5, 0.6) is 0 Å². The maximum atomic E-state index is 12.2. The Hall–Kier alpha value is -2.38. The Bertz CT molecular complexity index is 645. The van der Waals surface area contributed by atoms with E-state index in [-0.39, 0.29) is 30.6 Å². The molecule has 2 N–H and O–H groups in total. The number of nitrogens with zero attached hydrogens (tertiary/aromatic N) is 2.